The van der Waals surface area contributed by atoms with Gasteiger partial charge in [0.15, 0.2) is 0 Å². The van der Waals surface area contributed by atoms with Crippen molar-refractivity contribution in [3.05, 3.63) is 60.1 Å². The Balaban J connectivity index is 1.98. The third-order valence-corrected chi connectivity index (χ3v) is 3.87. The summed E-state index contributed by atoms with van der Waals surface area (Å²) in [6.45, 7) is 5.10. The Morgan fingerprint density at radius 1 is 1.21 bits per heavy atom. The number of aliphatic hydroxyl groups excluding tert-OH is 1. The lowest BCUT2D eigenvalue weighted by Crippen LogP contribution is -2.51. The van der Waals surface area contributed by atoms with E-state index in [0.717, 1.165) is 18.5 Å². The number of benzene rings is 1. The molecule has 24 heavy (non-hydrogen) atoms. The SMILES string of the molecule is CC(C)CCNC(Cc1ccccc1)C(O)NC(=O)c1ccoc1. The predicted octanol–water partition coefficient (Wildman–Crippen LogP) is 2.57. The quantitative estimate of drug-likeness (QED) is 0.618. The van der Waals surface area contributed by atoms with Crippen molar-refractivity contribution in [1.29, 1.82) is 0 Å². The van der Waals surface area contributed by atoms with Crippen LogP contribution in [-0.4, -0.2) is 29.8 Å². The molecule has 0 radical (unpaired) electrons. The van der Waals surface area contributed by atoms with Crippen molar-refractivity contribution in [2.45, 2.75) is 39.0 Å². The van der Waals surface area contributed by atoms with Crippen LogP contribution in [0, 0.1) is 5.92 Å². The number of hydrogen-bond donors (Lipinski definition) is 3. The minimum absolute atomic E-state index is 0.262. The van der Waals surface area contributed by atoms with E-state index < -0.39 is 6.23 Å². The van der Waals surface area contributed by atoms with Crippen molar-refractivity contribution >= 4 is 5.91 Å². The topological polar surface area (TPSA) is 74.5 Å². The number of furan rings is 1. The van der Waals surface area contributed by atoms with Gasteiger partial charge in [0.25, 0.3) is 5.91 Å². The van der Waals surface area contributed by atoms with Crippen LogP contribution in [-0.2, 0) is 6.42 Å². The van der Waals surface area contributed by atoms with E-state index >= 15 is 0 Å². The molecule has 2 atom stereocenters. The summed E-state index contributed by atoms with van der Waals surface area (Å²) >= 11 is 0. The molecule has 0 aliphatic carbocycles. The van der Waals surface area contributed by atoms with Crippen LogP contribution in [0.1, 0.15) is 36.2 Å². The molecule has 0 bridgehead atoms. The molecule has 1 heterocycles. The summed E-state index contributed by atoms with van der Waals surface area (Å²) in [4.78, 5) is 12.1. The van der Waals surface area contributed by atoms with Gasteiger partial charge in [0, 0.05) is 0 Å². The number of carbonyl (C=O) groups is 1. The number of aliphatic hydroxyl groups is 1. The van der Waals surface area contributed by atoms with Crippen molar-refractivity contribution in [3.8, 4) is 0 Å². The summed E-state index contributed by atoms with van der Waals surface area (Å²) in [7, 11) is 0. The van der Waals surface area contributed by atoms with Gasteiger partial charge in [0.1, 0.15) is 12.5 Å². The van der Waals surface area contributed by atoms with E-state index in [4.69, 9.17) is 4.42 Å². The average molecular weight is 330 g/mol. The Morgan fingerprint density at radius 3 is 2.58 bits per heavy atom. The van der Waals surface area contributed by atoms with Crippen LogP contribution in [0.3, 0.4) is 0 Å². The third-order valence-electron chi connectivity index (χ3n) is 3.87. The minimum atomic E-state index is -0.986. The summed E-state index contributed by atoms with van der Waals surface area (Å²) in [5, 5.41) is 16.5. The number of carbonyl (C=O) groups excluding carboxylic acids is 1. The molecule has 0 saturated heterocycles. The second-order valence-electron chi connectivity index (χ2n) is 6.36. The molecule has 130 valence electrons. The summed E-state index contributed by atoms with van der Waals surface area (Å²) in [6.07, 6.45) is 3.45. The molecule has 2 aromatic rings. The predicted molar refractivity (Wildman–Crippen MR) is 93.6 cm³/mol. The molecule has 1 amide bonds. The number of rotatable bonds is 9. The van der Waals surface area contributed by atoms with Gasteiger partial charge in [-0.1, -0.05) is 44.2 Å². The molecule has 2 rings (SSSR count). The zero-order chi connectivity index (χ0) is 17.4. The smallest absolute Gasteiger partial charge is 0.256 e. The van der Waals surface area contributed by atoms with Crippen molar-refractivity contribution in [3.63, 3.8) is 0 Å². The van der Waals surface area contributed by atoms with Crippen LogP contribution < -0.4 is 10.6 Å². The van der Waals surface area contributed by atoms with Gasteiger partial charge in [0.05, 0.1) is 17.9 Å². The third kappa shape index (κ3) is 5.83. The largest absolute Gasteiger partial charge is 0.472 e. The fourth-order valence-corrected chi connectivity index (χ4v) is 2.43. The lowest BCUT2D eigenvalue weighted by Gasteiger charge is -2.25. The fraction of sp³-hybridized carbons (Fsp3) is 0.421. The first-order chi connectivity index (χ1) is 11.6. The maximum absolute atomic E-state index is 12.1. The van der Waals surface area contributed by atoms with Gasteiger partial charge in [-0.05, 0) is 36.9 Å². The van der Waals surface area contributed by atoms with Crippen LogP contribution in [0.25, 0.3) is 0 Å². The molecule has 0 aliphatic heterocycles. The molecule has 0 saturated carbocycles. The van der Waals surface area contributed by atoms with E-state index in [9.17, 15) is 9.90 Å². The first-order valence-corrected chi connectivity index (χ1v) is 8.34. The van der Waals surface area contributed by atoms with Gasteiger partial charge in [-0.25, -0.2) is 0 Å². The molecule has 5 heteroatoms. The Bertz CT molecular complexity index is 596. The number of hydrogen-bond acceptors (Lipinski definition) is 4. The Kier molecular flexibility index (Phi) is 7.03. The molecule has 1 aromatic carbocycles. The van der Waals surface area contributed by atoms with Crippen LogP contribution >= 0.6 is 0 Å². The van der Waals surface area contributed by atoms with Crippen molar-refractivity contribution in [2.75, 3.05) is 6.54 Å². The number of amides is 1. The minimum Gasteiger partial charge on any atom is -0.472 e. The van der Waals surface area contributed by atoms with Gasteiger partial charge in [-0.3, -0.25) is 4.79 Å². The van der Waals surface area contributed by atoms with Crippen molar-refractivity contribution in [1.82, 2.24) is 10.6 Å². The fourth-order valence-electron chi connectivity index (χ4n) is 2.43. The van der Waals surface area contributed by atoms with Crippen LogP contribution in [0.4, 0.5) is 0 Å². The zero-order valence-corrected chi connectivity index (χ0v) is 14.2. The second-order valence-corrected chi connectivity index (χ2v) is 6.36. The summed E-state index contributed by atoms with van der Waals surface area (Å²) < 4.78 is 4.91. The van der Waals surface area contributed by atoms with Gasteiger partial charge in [0.2, 0.25) is 0 Å². The standard InChI is InChI=1S/C19H26N2O3/c1-14(2)8-10-20-17(12-15-6-4-3-5-7-15)19(23)21-18(22)16-9-11-24-13-16/h3-7,9,11,13-14,17,19-20,23H,8,10,12H2,1-2H3,(H,21,22). The molecule has 0 fully saturated rings. The highest BCUT2D eigenvalue weighted by atomic mass is 16.3. The molecule has 3 N–H and O–H groups in total. The first kappa shape index (κ1) is 18.2. The average Bonchev–Trinajstić information content (AvgIpc) is 3.09. The van der Waals surface area contributed by atoms with Crippen LogP contribution in [0.5, 0.6) is 0 Å². The van der Waals surface area contributed by atoms with E-state index in [1.54, 1.807) is 6.07 Å². The van der Waals surface area contributed by atoms with Crippen molar-refractivity contribution in [2.24, 2.45) is 5.92 Å². The Labute approximate surface area is 143 Å². The first-order valence-electron chi connectivity index (χ1n) is 8.34. The van der Waals surface area contributed by atoms with Crippen LogP contribution in [0.2, 0.25) is 0 Å². The second kappa shape index (κ2) is 9.25. The molecule has 2 unspecified atom stereocenters. The maximum Gasteiger partial charge on any atom is 0.256 e. The maximum atomic E-state index is 12.1. The molecular weight excluding hydrogens is 304 g/mol. The van der Waals surface area contributed by atoms with Crippen LogP contribution in [0.15, 0.2) is 53.3 Å². The van der Waals surface area contributed by atoms with Gasteiger partial charge < -0.3 is 20.2 Å². The molecular formula is C19H26N2O3. The van der Waals surface area contributed by atoms with Crippen molar-refractivity contribution < 1.29 is 14.3 Å². The lowest BCUT2D eigenvalue weighted by molar-refractivity contribution is 0.0660. The van der Waals surface area contributed by atoms with E-state index in [0.29, 0.717) is 17.9 Å². The molecule has 1 aromatic heterocycles. The highest BCUT2D eigenvalue weighted by Gasteiger charge is 2.22. The van der Waals surface area contributed by atoms with Gasteiger partial charge in [-0.2, -0.15) is 0 Å². The van der Waals surface area contributed by atoms with E-state index in [-0.39, 0.29) is 11.9 Å². The Morgan fingerprint density at radius 2 is 1.96 bits per heavy atom. The monoisotopic (exact) mass is 330 g/mol. The van der Waals surface area contributed by atoms with E-state index in [1.807, 2.05) is 30.3 Å². The number of nitrogens with one attached hydrogen (secondary N) is 2. The Hall–Kier alpha value is -2.11. The highest BCUT2D eigenvalue weighted by molar-refractivity contribution is 5.93. The van der Waals surface area contributed by atoms with E-state index in [2.05, 4.69) is 24.5 Å². The summed E-state index contributed by atoms with van der Waals surface area (Å²) in [5.41, 5.74) is 1.51. The zero-order valence-electron chi connectivity index (χ0n) is 14.2. The lowest BCUT2D eigenvalue weighted by atomic mass is 10.0. The molecule has 0 aliphatic rings. The van der Waals surface area contributed by atoms with E-state index in [1.165, 1.54) is 12.5 Å². The van der Waals surface area contributed by atoms with Gasteiger partial charge in [-0.15, -0.1) is 0 Å². The molecule has 0 spiro atoms. The normalized spacial score (nSPS) is 13.7. The molecule has 5 nitrogen and oxygen atoms in total. The summed E-state index contributed by atoms with van der Waals surface area (Å²) in [6, 6.07) is 11.2. The van der Waals surface area contributed by atoms with Gasteiger partial charge >= 0.3 is 0 Å². The summed E-state index contributed by atoms with van der Waals surface area (Å²) in [5.74, 6) is 0.229. The highest BCUT2D eigenvalue weighted by Crippen LogP contribution is 2.08.